The number of halogens is 1. The predicted octanol–water partition coefficient (Wildman–Crippen LogP) is 2.30. The van der Waals surface area contributed by atoms with Crippen LogP contribution in [-0.2, 0) is 0 Å². The van der Waals surface area contributed by atoms with E-state index in [4.69, 9.17) is 5.73 Å². The Labute approximate surface area is 98.6 Å². The highest BCUT2D eigenvalue weighted by atomic mass is 79.9. The van der Waals surface area contributed by atoms with E-state index in [-0.39, 0.29) is 0 Å². The lowest BCUT2D eigenvalue weighted by atomic mass is 9.81. The van der Waals surface area contributed by atoms with E-state index in [1.165, 1.54) is 0 Å². The Hall–Kier alpha value is -0.610. The summed E-state index contributed by atoms with van der Waals surface area (Å²) in [7, 11) is 0. The molecule has 1 fully saturated rings. The number of nitrogens with one attached hydrogen (secondary N) is 1. The van der Waals surface area contributed by atoms with E-state index in [1.54, 1.807) is 0 Å². The number of hydrogen-bond donors (Lipinski definition) is 2. The van der Waals surface area contributed by atoms with E-state index >= 15 is 0 Å². The first-order valence-electron chi connectivity index (χ1n) is 5.28. The van der Waals surface area contributed by atoms with E-state index in [1.807, 2.05) is 19.1 Å². The monoisotopic (exact) mass is 269 g/mol. The SMILES string of the molecule is Cc1nc(NCC2CC(N)C2)ccc1Br. The second-order valence-corrected chi connectivity index (χ2v) is 5.10. The molecule has 2 rings (SSSR count). The highest BCUT2D eigenvalue weighted by molar-refractivity contribution is 9.10. The Balaban J connectivity index is 1.86. The molecule has 82 valence electrons. The largest absolute Gasteiger partial charge is 0.370 e. The molecule has 1 heterocycles. The fourth-order valence-corrected chi connectivity index (χ4v) is 2.07. The van der Waals surface area contributed by atoms with E-state index in [2.05, 4.69) is 26.2 Å². The van der Waals surface area contributed by atoms with Crippen LogP contribution in [0.2, 0.25) is 0 Å². The lowest BCUT2D eigenvalue weighted by Crippen LogP contribution is -2.39. The van der Waals surface area contributed by atoms with Gasteiger partial charge in [0.2, 0.25) is 0 Å². The number of aryl methyl sites for hydroxylation is 1. The predicted molar refractivity (Wildman–Crippen MR) is 65.9 cm³/mol. The number of anilines is 1. The number of aromatic nitrogens is 1. The summed E-state index contributed by atoms with van der Waals surface area (Å²) in [5.41, 5.74) is 6.75. The van der Waals surface area contributed by atoms with Crippen molar-refractivity contribution in [1.82, 2.24) is 4.98 Å². The molecular weight excluding hydrogens is 254 g/mol. The van der Waals surface area contributed by atoms with Gasteiger partial charge in [0.1, 0.15) is 5.82 Å². The van der Waals surface area contributed by atoms with E-state index < -0.39 is 0 Å². The van der Waals surface area contributed by atoms with E-state index in [0.717, 1.165) is 41.3 Å². The molecule has 0 aliphatic heterocycles. The summed E-state index contributed by atoms with van der Waals surface area (Å²) in [6.45, 7) is 2.98. The van der Waals surface area contributed by atoms with Crippen LogP contribution in [0, 0.1) is 12.8 Å². The Morgan fingerprint density at radius 3 is 2.87 bits per heavy atom. The fourth-order valence-electron chi connectivity index (χ4n) is 1.85. The van der Waals surface area contributed by atoms with Crippen LogP contribution in [0.5, 0.6) is 0 Å². The van der Waals surface area contributed by atoms with Crippen molar-refractivity contribution in [3.8, 4) is 0 Å². The lowest BCUT2D eigenvalue weighted by molar-refractivity contribution is 0.280. The first-order chi connectivity index (χ1) is 7.15. The quantitative estimate of drug-likeness (QED) is 0.886. The van der Waals surface area contributed by atoms with Gasteiger partial charge in [0.15, 0.2) is 0 Å². The second kappa shape index (κ2) is 4.49. The minimum atomic E-state index is 0.427. The van der Waals surface area contributed by atoms with Crippen LogP contribution >= 0.6 is 15.9 Å². The molecule has 0 radical (unpaired) electrons. The summed E-state index contributed by atoms with van der Waals surface area (Å²) >= 11 is 3.44. The van der Waals surface area contributed by atoms with Crippen LogP contribution < -0.4 is 11.1 Å². The van der Waals surface area contributed by atoms with Crippen molar-refractivity contribution in [2.75, 3.05) is 11.9 Å². The molecular formula is C11H16BrN3. The van der Waals surface area contributed by atoms with Crippen molar-refractivity contribution >= 4 is 21.7 Å². The van der Waals surface area contributed by atoms with Gasteiger partial charge in [-0.05, 0) is 53.7 Å². The summed E-state index contributed by atoms with van der Waals surface area (Å²) in [5, 5.41) is 3.35. The fraction of sp³-hybridized carbons (Fsp3) is 0.545. The van der Waals surface area contributed by atoms with Crippen molar-refractivity contribution in [3.63, 3.8) is 0 Å². The first kappa shape index (κ1) is 10.9. The van der Waals surface area contributed by atoms with Gasteiger partial charge in [-0.25, -0.2) is 4.98 Å². The van der Waals surface area contributed by atoms with Crippen molar-refractivity contribution in [2.45, 2.75) is 25.8 Å². The molecule has 4 heteroatoms. The molecule has 15 heavy (non-hydrogen) atoms. The van der Waals surface area contributed by atoms with Crippen molar-refractivity contribution in [2.24, 2.45) is 11.7 Å². The smallest absolute Gasteiger partial charge is 0.126 e. The minimum Gasteiger partial charge on any atom is -0.370 e. The molecule has 0 amide bonds. The maximum absolute atomic E-state index is 5.73. The summed E-state index contributed by atoms with van der Waals surface area (Å²) in [4.78, 5) is 4.43. The number of rotatable bonds is 3. The Morgan fingerprint density at radius 1 is 1.53 bits per heavy atom. The third kappa shape index (κ3) is 2.69. The molecule has 1 saturated carbocycles. The first-order valence-corrected chi connectivity index (χ1v) is 6.07. The Bertz CT molecular complexity index is 348. The van der Waals surface area contributed by atoms with Gasteiger partial charge < -0.3 is 11.1 Å². The third-order valence-electron chi connectivity index (χ3n) is 2.87. The second-order valence-electron chi connectivity index (χ2n) is 4.24. The molecule has 3 N–H and O–H groups in total. The number of nitrogens with zero attached hydrogens (tertiary/aromatic N) is 1. The van der Waals surface area contributed by atoms with Crippen LogP contribution in [0.25, 0.3) is 0 Å². The molecule has 0 aromatic carbocycles. The van der Waals surface area contributed by atoms with E-state index in [0.29, 0.717) is 6.04 Å². The number of hydrogen-bond acceptors (Lipinski definition) is 3. The normalized spacial score (nSPS) is 24.7. The molecule has 1 aromatic heterocycles. The summed E-state index contributed by atoms with van der Waals surface area (Å²) in [6.07, 6.45) is 2.28. The summed E-state index contributed by atoms with van der Waals surface area (Å²) in [6, 6.07) is 4.45. The van der Waals surface area contributed by atoms with Gasteiger partial charge in [-0.3, -0.25) is 0 Å². The van der Waals surface area contributed by atoms with Crippen LogP contribution in [0.4, 0.5) is 5.82 Å². The molecule has 1 aliphatic carbocycles. The van der Waals surface area contributed by atoms with Crippen LogP contribution in [0.1, 0.15) is 18.5 Å². The van der Waals surface area contributed by atoms with Crippen LogP contribution in [-0.4, -0.2) is 17.6 Å². The number of pyridine rings is 1. The van der Waals surface area contributed by atoms with Gasteiger partial charge in [0.25, 0.3) is 0 Å². The van der Waals surface area contributed by atoms with Crippen LogP contribution in [0.3, 0.4) is 0 Å². The zero-order chi connectivity index (χ0) is 10.8. The van der Waals surface area contributed by atoms with Gasteiger partial charge in [-0.15, -0.1) is 0 Å². The number of nitrogens with two attached hydrogens (primary N) is 1. The van der Waals surface area contributed by atoms with Crippen molar-refractivity contribution in [3.05, 3.63) is 22.3 Å². The highest BCUT2D eigenvalue weighted by Crippen LogP contribution is 2.25. The zero-order valence-corrected chi connectivity index (χ0v) is 10.4. The zero-order valence-electron chi connectivity index (χ0n) is 8.83. The molecule has 0 unspecified atom stereocenters. The summed E-state index contributed by atoms with van der Waals surface area (Å²) in [5.74, 6) is 1.68. The van der Waals surface area contributed by atoms with Gasteiger partial charge in [0.05, 0.1) is 5.69 Å². The maximum atomic E-state index is 5.73. The lowest BCUT2D eigenvalue weighted by Gasteiger charge is -2.32. The average molecular weight is 270 g/mol. The van der Waals surface area contributed by atoms with Crippen LogP contribution in [0.15, 0.2) is 16.6 Å². The van der Waals surface area contributed by atoms with Gasteiger partial charge in [-0.2, -0.15) is 0 Å². The van der Waals surface area contributed by atoms with Gasteiger partial charge in [0, 0.05) is 17.1 Å². The average Bonchev–Trinajstić information content (AvgIpc) is 2.16. The standard InChI is InChI=1S/C11H16BrN3/c1-7-10(12)2-3-11(15-7)14-6-8-4-9(13)5-8/h2-3,8-9H,4-6,13H2,1H3,(H,14,15). The minimum absolute atomic E-state index is 0.427. The van der Waals surface area contributed by atoms with Crippen molar-refractivity contribution in [1.29, 1.82) is 0 Å². The Morgan fingerprint density at radius 2 is 2.27 bits per heavy atom. The van der Waals surface area contributed by atoms with Gasteiger partial charge >= 0.3 is 0 Å². The maximum Gasteiger partial charge on any atom is 0.126 e. The summed E-state index contributed by atoms with van der Waals surface area (Å²) < 4.78 is 1.05. The molecule has 0 atom stereocenters. The molecule has 3 nitrogen and oxygen atoms in total. The molecule has 1 aromatic rings. The van der Waals surface area contributed by atoms with E-state index in [9.17, 15) is 0 Å². The molecule has 0 saturated heterocycles. The molecule has 0 spiro atoms. The topological polar surface area (TPSA) is 50.9 Å². The highest BCUT2D eigenvalue weighted by Gasteiger charge is 2.25. The molecule has 0 bridgehead atoms. The third-order valence-corrected chi connectivity index (χ3v) is 3.70. The van der Waals surface area contributed by atoms with Crippen molar-refractivity contribution < 1.29 is 0 Å². The molecule has 1 aliphatic rings. The Kier molecular flexibility index (Phi) is 3.26. The van der Waals surface area contributed by atoms with Gasteiger partial charge in [-0.1, -0.05) is 0 Å².